The van der Waals surface area contributed by atoms with Crippen LogP contribution in [0.3, 0.4) is 0 Å². The standard InChI is InChI=1S/C17H20N4O8/c1-21-8-3-2-7(4-6(8)5-9(21)14(25)20-17(18)19)28-16-12(24)10(22)11(23)13(29-16)15(26)27/h2-5,10-13,16,22-24H,1H3,(H,26,27)(H4,18,19,20,25)/t10-,11-,12+,13-,16+/m0/s1. The van der Waals surface area contributed by atoms with Crippen LogP contribution in [0.15, 0.2) is 29.3 Å². The number of nitrogens with zero attached hydrogens (tertiary/aromatic N) is 2. The summed E-state index contributed by atoms with van der Waals surface area (Å²) in [6.45, 7) is 0. The van der Waals surface area contributed by atoms with Gasteiger partial charge < -0.3 is 45.9 Å². The van der Waals surface area contributed by atoms with Gasteiger partial charge in [0.05, 0.1) is 0 Å². The molecule has 3 rings (SSSR count). The molecule has 12 heteroatoms. The molecule has 0 unspecified atom stereocenters. The first-order valence-electron chi connectivity index (χ1n) is 8.42. The second-order valence-electron chi connectivity index (χ2n) is 6.50. The predicted molar refractivity (Wildman–Crippen MR) is 98.0 cm³/mol. The van der Waals surface area contributed by atoms with Gasteiger partial charge in [-0.05, 0) is 24.3 Å². The van der Waals surface area contributed by atoms with Crippen LogP contribution in [-0.4, -0.2) is 73.5 Å². The molecule has 0 bridgehead atoms. The number of aryl methyl sites for hydroxylation is 1. The zero-order chi connectivity index (χ0) is 21.5. The van der Waals surface area contributed by atoms with E-state index in [4.69, 9.17) is 26.0 Å². The Morgan fingerprint density at radius 2 is 1.83 bits per heavy atom. The predicted octanol–water partition coefficient (Wildman–Crippen LogP) is -2.14. The number of aliphatic imine (C=N–C) groups is 1. The molecule has 1 amide bonds. The number of aliphatic carboxylic acids is 1. The van der Waals surface area contributed by atoms with Crippen LogP contribution in [0.4, 0.5) is 0 Å². The number of carbonyl (C=O) groups is 2. The average Bonchev–Trinajstić information content (AvgIpc) is 2.97. The Bertz CT molecular complexity index is 983. The minimum atomic E-state index is -1.82. The van der Waals surface area contributed by atoms with Gasteiger partial charge in [0.2, 0.25) is 6.29 Å². The summed E-state index contributed by atoms with van der Waals surface area (Å²) >= 11 is 0. The summed E-state index contributed by atoms with van der Waals surface area (Å²) in [5.74, 6) is -2.36. The van der Waals surface area contributed by atoms with Crippen molar-refractivity contribution in [1.29, 1.82) is 0 Å². The summed E-state index contributed by atoms with van der Waals surface area (Å²) in [7, 11) is 1.64. The van der Waals surface area contributed by atoms with E-state index in [1.807, 2.05) is 0 Å². The molecule has 8 N–H and O–H groups in total. The van der Waals surface area contributed by atoms with Crippen LogP contribution >= 0.6 is 0 Å². The summed E-state index contributed by atoms with van der Waals surface area (Å²) in [5.41, 5.74) is 11.3. The Labute approximate surface area is 163 Å². The van der Waals surface area contributed by atoms with Crippen molar-refractivity contribution in [2.24, 2.45) is 23.5 Å². The van der Waals surface area contributed by atoms with Crippen LogP contribution in [0.5, 0.6) is 5.75 Å². The molecule has 1 aromatic carbocycles. The normalized spacial score (nSPS) is 26.8. The lowest BCUT2D eigenvalue weighted by atomic mass is 9.99. The molecule has 1 aromatic heterocycles. The SMILES string of the molecule is Cn1c(C(=O)N=C(N)N)cc2cc(O[C@@H]3O[C@H](C(=O)O)[C@@H](O)[C@H](O)[C@H]3O)ccc21. The third-order valence-corrected chi connectivity index (χ3v) is 4.53. The van der Waals surface area contributed by atoms with Gasteiger partial charge in [-0.15, -0.1) is 0 Å². The van der Waals surface area contributed by atoms with Gasteiger partial charge >= 0.3 is 5.97 Å². The van der Waals surface area contributed by atoms with E-state index in [1.54, 1.807) is 17.7 Å². The van der Waals surface area contributed by atoms with Crippen molar-refractivity contribution in [2.45, 2.75) is 30.7 Å². The Balaban J connectivity index is 1.88. The van der Waals surface area contributed by atoms with Crippen LogP contribution in [-0.2, 0) is 16.6 Å². The molecule has 12 nitrogen and oxygen atoms in total. The van der Waals surface area contributed by atoms with Gasteiger partial charge in [0.25, 0.3) is 5.91 Å². The number of hydrogen-bond acceptors (Lipinski definition) is 7. The first kappa shape index (κ1) is 20.5. The Kier molecular flexibility index (Phi) is 5.44. The summed E-state index contributed by atoms with van der Waals surface area (Å²) in [4.78, 5) is 26.8. The number of guanidine groups is 1. The topological polar surface area (TPSA) is 203 Å². The van der Waals surface area contributed by atoms with Crippen molar-refractivity contribution in [2.75, 3.05) is 0 Å². The molecule has 0 spiro atoms. The second-order valence-corrected chi connectivity index (χ2v) is 6.50. The van der Waals surface area contributed by atoms with Crippen LogP contribution < -0.4 is 16.2 Å². The van der Waals surface area contributed by atoms with E-state index in [9.17, 15) is 24.9 Å². The van der Waals surface area contributed by atoms with E-state index in [0.717, 1.165) is 0 Å². The molecule has 0 saturated carbocycles. The number of aliphatic hydroxyl groups excluding tert-OH is 3. The number of benzene rings is 1. The summed E-state index contributed by atoms with van der Waals surface area (Å²) in [6.07, 6.45) is -8.60. The van der Waals surface area contributed by atoms with E-state index in [1.165, 1.54) is 18.2 Å². The van der Waals surface area contributed by atoms with Crippen molar-refractivity contribution < 1.29 is 39.5 Å². The largest absolute Gasteiger partial charge is 0.479 e. The number of ether oxygens (including phenoxy) is 2. The highest BCUT2D eigenvalue weighted by Crippen LogP contribution is 2.28. The number of aliphatic hydroxyl groups is 3. The summed E-state index contributed by atoms with van der Waals surface area (Å²) in [6, 6.07) is 6.16. The van der Waals surface area contributed by atoms with Crippen molar-refractivity contribution in [1.82, 2.24) is 4.57 Å². The van der Waals surface area contributed by atoms with Crippen molar-refractivity contribution >= 4 is 28.7 Å². The zero-order valence-corrected chi connectivity index (χ0v) is 15.2. The van der Waals surface area contributed by atoms with Crippen LogP contribution in [0.25, 0.3) is 10.9 Å². The van der Waals surface area contributed by atoms with E-state index in [-0.39, 0.29) is 17.4 Å². The number of aromatic nitrogens is 1. The minimum Gasteiger partial charge on any atom is -0.479 e. The van der Waals surface area contributed by atoms with Crippen LogP contribution in [0.2, 0.25) is 0 Å². The molecule has 5 atom stereocenters. The van der Waals surface area contributed by atoms with Gasteiger partial charge in [-0.2, -0.15) is 4.99 Å². The molecular weight excluding hydrogens is 388 g/mol. The molecule has 0 aliphatic carbocycles. The van der Waals surface area contributed by atoms with Gasteiger partial charge in [-0.1, -0.05) is 0 Å². The summed E-state index contributed by atoms with van der Waals surface area (Å²) < 4.78 is 12.1. The third kappa shape index (κ3) is 3.86. The highest BCUT2D eigenvalue weighted by atomic mass is 16.7. The van der Waals surface area contributed by atoms with Gasteiger partial charge in [0.15, 0.2) is 12.1 Å². The van der Waals surface area contributed by atoms with Crippen LogP contribution in [0.1, 0.15) is 10.5 Å². The monoisotopic (exact) mass is 408 g/mol. The number of fused-ring (bicyclic) bond motifs is 1. The number of carbonyl (C=O) groups excluding carboxylic acids is 1. The van der Waals surface area contributed by atoms with Gasteiger partial charge in [0, 0.05) is 18.0 Å². The van der Waals surface area contributed by atoms with Gasteiger partial charge in [-0.25, -0.2) is 4.79 Å². The fourth-order valence-electron chi connectivity index (χ4n) is 3.06. The molecule has 1 aliphatic heterocycles. The number of carboxylic acid groups (broad SMARTS) is 1. The Hall–Kier alpha value is -3.19. The lowest BCUT2D eigenvalue weighted by Crippen LogP contribution is -2.61. The number of carboxylic acids is 1. The first-order valence-corrected chi connectivity index (χ1v) is 8.42. The Morgan fingerprint density at radius 1 is 1.14 bits per heavy atom. The molecule has 1 aliphatic rings. The number of amides is 1. The van der Waals surface area contributed by atoms with Gasteiger partial charge in [0.1, 0.15) is 29.8 Å². The molecule has 1 fully saturated rings. The van der Waals surface area contributed by atoms with E-state index in [2.05, 4.69) is 4.99 Å². The fraction of sp³-hybridized carbons (Fsp3) is 0.353. The molecule has 2 heterocycles. The molecule has 0 radical (unpaired) electrons. The van der Waals surface area contributed by atoms with Crippen molar-refractivity contribution in [3.63, 3.8) is 0 Å². The molecule has 29 heavy (non-hydrogen) atoms. The molecular formula is C17H20N4O8. The third-order valence-electron chi connectivity index (χ3n) is 4.53. The van der Waals surface area contributed by atoms with Gasteiger partial charge in [-0.3, -0.25) is 4.79 Å². The molecule has 156 valence electrons. The maximum Gasteiger partial charge on any atom is 0.335 e. The van der Waals surface area contributed by atoms with E-state index < -0.39 is 42.6 Å². The quantitative estimate of drug-likeness (QED) is 0.239. The lowest BCUT2D eigenvalue weighted by Gasteiger charge is -2.38. The number of nitrogens with two attached hydrogens (primary N) is 2. The Morgan fingerprint density at radius 3 is 2.45 bits per heavy atom. The summed E-state index contributed by atoms with van der Waals surface area (Å²) in [5, 5.41) is 39.3. The molecule has 1 saturated heterocycles. The van der Waals surface area contributed by atoms with E-state index in [0.29, 0.717) is 10.9 Å². The smallest absolute Gasteiger partial charge is 0.335 e. The number of rotatable bonds is 4. The molecule has 2 aromatic rings. The van der Waals surface area contributed by atoms with Crippen molar-refractivity contribution in [3.8, 4) is 5.75 Å². The van der Waals surface area contributed by atoms with Crippen LogP contribution in [0, 0.1) is 0 Å². The average molecular weight is 408 g/mol. The maximum absolute atomic E-state index is 12.1. The number of hydrogen-bond donors (Lipinski definition) is 6. The zero-order valence-electron chi connectivity index (χ0n) is 15.2. The highest BCUT2D eigenvalue weighted by Gasteiger charge is 2.48. The minimum absolute atomic E-state index is 0.167. The maximum atomic E-state index is 12.1. The van der Waals surface area contributed by atoms with Crippen molar-refractivity contribution in [3.05, 3.63) is 30.0 Å². The first-order chi connectivity index (χ1) is 13.6. The lowest BCUT2D eigenvalue weighted by molar-refractivity contribution is -0.271. The van der Waals surface area contributed by atoms with E-state index >= 15 is 0 Å². The fourth-order valence-corrected chi connectivity index (χ4v) is 3.06. The highest BCUT2D eigenvalue weighted by molar-refractivity contribution is 6.04. The second kappa shape index (κ2) is 7.67.